The molecule has 0 saturated carbocycles. The molecular formula is C13H14N2O. The molecule has 2 aromatic rings. The van der Waals surface area contributed by atoms with Crippen LogP contribution >= 0.6 is 0 Å². The average molecular weight is 214 g/mol. The Bertz CT molecular complexity index is 443. The van der Waals surface area contributed by atoms with Gasteiger partial charge in [-0.05, 0) is 11.6 Å². The Morgan fingerprint density at radius 1 is 1.06 bits per heavy atom. The first-order valence-electron chi connectivity index (χ1n) is 5.21. The third kappa shape index (κ3) is 2.58. The topological polar surface area (TPSA) is 48.1 Å². The van der Waals surface area contributed by atoms with Gasteiger partial charge >= 0.3 is 0 Å². The summed E-state index contributed by atoms with van der Waals surface area (Å²) in [5, 5.41) is 0. The van der Waals surface area contributed by atoms with Gasteiger partial charge < -0.3 is 10.5 Å². The zero-order chi connectivity index (χ0) is 11.2. The maximum atomic E-state index is 5.62. The van der Waals surface area contributed by atoms with Gasteiger partial charge in [-0.2, -0.15) is 0 Å². The highest BCUT2D eigenvalue weighted by atomic mass is 16.5. The Labute approximate surface area is 94.9 Å². The second-order valence-corrected chi connectivity index (χ2v) is 3.45. The van der Waals surface area contributed by atoms with E-state index >= 15 is 0 Å². The van der Waals surface area contributed by atoms with Crippen LogP contribution in [0.4, 0.5) is 0 Å². The van der Waals surface area contributed by atoms with Gasteiger partial charge in [0.1, 0.15) is 6.61 Å². The molecule has 1 heterocycles. The fourth-order valence-electron chi connectivity index (χ4n) is 1.44. The Hall–Kier alpha value is -1.87. The van der Waals surface area contributed by atoms with Crippen molar-refractivity contribution in [1.82, 2.24) is 4.98 Å². The molecule has 1 aromatic carbocycles. The predicted molar refractivity (Wildman–Crippen MR) is 62.9 cm³/mol. The number of nitrogens with zero attached hydrogens (tertiary/aromatic N) is 1. The van der Waals surface area contributed by atoms with Crippen molar-refractivity contribution in [2.45, 2.75) is 13.2 Å². The van der Waals surface area contributed by atoms with Crippen LogP contribution in [0.25, 0.3) is 0 Å². The molecule has 82 valence electrons. The second-order valence-electron chi connectivity index (χ2n) is 3.45. The molecule has 0 aliphatic rings. The molecule has 0 fully saturated rings. The van der Waals surface area contributed by atoms with E-state index in [9.17, 15) is 0 Å². The van der Waals surface area contributed by atoms with Crippen molar-refractivity contribution in [3.8, 4) is 5.88 Å². The van der Waals surface area contributed by atoms with Gasteiger partial charge in [0.2, 0.25) is 5.88 Å². The number of aromatic nitrogens is 1. The van der Waals surface area contributed by atoms with Crippen molar-refractivity contribution in [3.63, 3.8) is 0 Å². The molecule has 3 nitrogen and oxygen atoms in total. The van der Waals surface area contributed by atoms with Gasteiger partial charge in [-0.3, -0.25) is 0 Å². The number of hydrogen-bond donors (Lipinski definition) is 1. The molecule has 0 unspecified atom stereocenters. The van der Waals surface area contributed by atoms with Crippen molar-refractivity contribution in [2.75, 3.05) is 0 Å². The first kappa shape index (κ1) is 10.6. The normalized spacial score (nSPS) is 10.1. The maximum absolute atomic E-state index is 5.62. The molecule has 1 aromatic heterocycles. The van der Waals surface area contributed by atoms with Crippen LogP contribution in [0.15, 0.2) is 48.7 Å². The van der Waals surface area contributed by atoms with Crippen molar-refractivity contribution in [1.29, 1.82) is 0 Å². The van der Waals surface area contributed by atoms with Crippen LogP contribution in [-0.2, 0) is 13.2 Å². The minimum absolute atomic E-state index is 0.442. The summed E-state index contributed by atoms with van der Waals surface area (Å²) in [6.07, 6.45) is 1.71. The number of nitrogens with two attached hydrogens (primary N) is 1. The van der Waals surface area contributed by atoms with E-state index < -0.39 is 0 Å². The number of benzene rings is 1. The highest BCUT2D eigenvalue weighted by Crippen LogP contribution is 2.14. The molecule has 0 aliphatic heterocycles. The van der Waals surface area contributed by atoms with Gasteiger partial charge in [-0.25, -0.2) is 4.98 Å². The van der Waals surface area contributed by atoms with E-state index in [2.05, 4.69) is 4.98 Å². The summed E-state index contributed by atoms with van der Waals surface area (Å²) < 4.78 is 5.62. The highest BCUT2D eigenvalue weighted by molar-refractivity contribution is 5.25. The summed E-state index contributed by atoms with van der Waals surface area (Å²) in [5.41, 5.74) is 7.65. The first-order valence-corrected chi connectivity index (χ1v) is 5.21. The van der Waals surface area contributed by atoms with Crippen LogP contribution in [0.3, 0.4) is 0 Å². The molecule has 16 heavy (non-hydrogen) atoms. The average Bonchev–Trinajstić information content (AvgIpc) is 2.38. The first-order chi connectivity index (χ1) is 7.90. The van der Waals surface area contributed by atoms with Crippen molar-refractivity contribution >= 4 is 0 Å². The summed E-state index contributed by atoms with van der Waals surface area (Å²) in [5.74, 6) is 0.619. The fourth-order valence-corrected chi connectivity index (χ4v) is 1.44. The summed E-state index contributed by atoms with van der Waals surface area (Å²) in [6, 6.07) is 13.8. The van der Waals surface area contributed by atoms with Gasteiger partial charge in [-0.1, -0.05) is 36.4 Å². The standard InChI is InChI=1S/C13H14N2O/c14-9-12-7-4-8-15-13(12)16-10-11-5-2-1-3-6-11/h1-8H,9-10,14H2. The molecule has 0 bridgehead atoms. The number of pyridine rings is 1. The van der Waals surface area contributed by atoms with Gasteiger partial charge in [-0.15, -0.1) is 0 Å². The van der Waals surface area contributed by atoms with Crippen molar-refractivity contribution in [3.05, 3.63) is 59.8 Å². The fraction of sp³-hybridized carbons (Fsp3) is 0.154. The van der Waals surface area contributed by atoms with E-state index in [0.717, 1.165) is 11.1 Å². The minimum atomic E-state index is 0.442. The lowest BCUT2D eigenvalue weighted by Gasteiger charge is -2.08. The van der Waals surface area contributed by atoms with Crippen LogP contribution < -0.4 is 10.5 Å². The smallest absolute Gasteiger partial charge is 0.218 e. The molecule has 0 atom stereocenters. The van der Waals surface area contributed by atoms with E-state index in [1.807, 2.05) is 42.5 Å². The van der Waals surface area contributed by atoms with Gasteiger partial charge in [0, 0.05) is 18.3 Å². The van der Waals surface area contributed by atoms with E-state index in [0.29, 0.717) is 19.0 Å². The molecule has 0 aliphatic carbocycles. The van der Waals surface area contributed by atoms with Crippen LogP contribution in [-0.4, -0.2) is 4.98 Å². The maximum Gasteiger partial charge on any atom is 0.218 e. The molecule has 0 radical (unpaired) electrons. The lowest BCUT2D eigenvalue weighted by Crippen LogP contribution is -2.04. The van der Waals surface area contributed by atoms with Crippen LogP contribution in [0.5, 0.6) is 5.88 Å². The molecular weight excluding hydrogens is 200 g/mol. The lowest BCUT2D eigenvalue weighted by molar-refractivity contribution is 0.290. The zero-order valence-corrected chi connectivity index (χ0v) is 8.97. The monoisotopic (exact) mass is 214 g/mol. The lowest BCUT2D eigenvalue weighted by atomic mass is 10.2. The third-order valence-corrected chi connectivity index (χ3v) is 2.29. The molecule has 2 rings (SSSR count). The molecule has 3 heteroatoms. The minimum Gasteiger partial charge on any atom is -0.473 e. The van der Waals surface area contributed by atoms with Crippen LogP contribution in [0.2, 0.25) is 0 Å². The van der Waals surface area contributed by atoms with E-state index in [-0.39, 0.29) is 0 Å². The van der Waals surface area contributed by atoms with E-state index in [1.165, 1.54) is 0 Å². The summed E-state index contributed by atoms with van der Waals surface area (Å²) >= 11 is 0. The predicted octanol–water partition coefficient (Wildman–Crippen LogP) is 2.12. The van der Waals surface area contributed by atoms with Crippen LogP contribution in [0, 0.1) is 0 Å². The Kier molecular flexibility index (Phi) is 3.51. The molecule has 0 spiro atoms. The summed E-state index contributed by atoms with van der Waals surface area (Å²) in [6.45, 7) is 0.961. The molecule has 0 saturated heterocycles. The van der Waals surface area contributed by atoms with Gasteiger partial charge in [0.05, 0.1) is 0 Å². The van der Waals surface area contributed by atoms with E-state index in [4.69, 9.17) is 10.5 Å². The number of rotatable bonds is 4. The molecule has 2 N–H and O–H groups in total. The van der Waals surface area contributed by atoms with Crippen LogP contribution in [0.1, 0.15) is 11.1 Å². The largest absolute Gasteiger partial charge is 0.473 e. The third-order valence-electron chi connectivity index (χ3n) is 2.29. The summed E-state index contributed by atoms with van der Waals surface area (Å²) in [7, 11) is 0. The quantitative estimate of drug-likeness (QED) is 0.848. The second kappa shape index (κ2) is 5.28. The molecule has 0 amide bonds. The van der Waals surface area contributed by atoms with Gasteiger partial charge in [0.25, 0.3) is 0 Å². The SMILES string of the molecule is NCc1cccnc1OCc1ccccc1. The number of hydrogen-bond acceptors (Lipinski definition) is 3. The highest BCUT2D eigenvalue weighted by Gasteiger charge is 2.02. The van der Waals surface area contributed by atoms with Gasteiger partial charge in [0.15, 0.2) is 0 Å². The zero-order valence-electron chi connectivity index (χ0n) is 8.97. The van der Waals surface area contributed by atoms with Crippen molar-refractivity contribution in [2.24, 2.45) is 5.73 Å². The number of ether oxygens (including phenoxy) is 1. The Balaban J connectivity index is 2.05. The Morgan fingerprint density at radius 3 is 2.62 bits per heavy atom. The Morgan fingerprint density at radius 2 is 1.88 bits per heavy atom. The van der Waals surface area contributed by atoms with E-state index in [1.54, 1.807) is 6.20 Å². The summed E-state index contributed by atoms with van der Waals surface area (Å²) in [4.78, 5) is 4.16. The van der Waals surface area contributed by atoms with Crippen molar-refractivity contribution < 1.29 is 4.74 Å².